The highest BCUT2D eigenvalue weighted by Gasteiger charge is 2.25. The summed E-state index contributed by atoms with van der Waals surface area (Å²) in [7, 11) is 4.03. The van der Waals surface area contributed by atoms with E-state index < -0.39 is 0 Å². The molecule has 164 valence electrons. The Bertz CT molecular complexity index is 1120. The molecular formula is C22H28FN7O. The molecule has 0 fully saturated rings. The maximum absolute atomic E-state index is 14.9. The second kappa shape index (κ2) is 7.56. The number of hydrogen-bond acceptors (Lipinski definition) is 6. The molecule has 31 heavy (non-hydrogen) atoms. The van der Waals surface area contributed by atoms with Crippen molar-refractivity contribution in [3.63, 3.8) is 0 Å². The van der Waals surface area contributed by atoms with Crippen LogP contribution in [0.3, 0.4) is 0 Å². The summed E-state index contributed by atoms with van der Waals surface area (Å²) in [6.07, 6.45) is 1.76. The van der Waals surface area contributed by atoms with Crippen LogP contribution in [0.15, 0.2) is 24.4 Å². The topological polar surface area (TPSA) is 63.4 Å². The van der Waals surface area contributed by atoms with E-state index in [2.05, 4.69) is 52.2 Å². The van der Waals surface area contributed by atoms with E-state index in [1.54, 1.807) is 6.20 Å². The second-order valence-corrected chi connectivity index (χ2v) is 8.57. The van der Waals surface area contributed by atoms with Crippen molar-refractivity contribution in [1.29, 1.82) is 0 Å². The zero-order valence-corrected chi connectivity index (χ0v) is 18.4. The van der Waals surface area contributed by atoms with Crippen molar-refractivity contribution in [2.45, 2.75) is 33.0 Å². The van der Waals surface area contributed by atoms with Crippen molar-refractivity contribution in [3.8, 4) is 17.0 Å². The van der Waals surface area contributed by atoms with Gasteiger partial charge >= 0.3 is 0 Å². The minimum Gasteiger partial charge on any atom is -0.486 e. The van der Waals surface area contributed by atoms with Crippen molar-refractivity contribution in [2.24, 2.45) is 7.05 Å². The number of nitrogens with zero attached hydrogens (tertiary/aromatic N) is 6. The van der Waals surface area contributed by atoms with Gasteiger partial charge < -0.3 is 19.5 Å². The first-order valence-electron chi connectivity index (χ1n) is 10.7. The Morgan fingerprint density at radius 3 is 2.77 bits per heavy atom. The molecule has 5 rings (SSSR count). The number of imidazole rings is 1. The molecule has 4 heterocycles. The Balaban J connectivity index is 1.45. The van der Waals surface area contributed by atoms with Crippen molar-refractivity contribution in [3.05, 3.63) is 35.9 Å². The number of rotatable bonds is 4. The summed E-state index contributed by atoms with van der Waals surface area (Å²) in [5.41, 5.74) is 3.55. The quantitative estimate of drug-likeness (QED) is 0.693. The average molecular weight is 426 g/mol. The number of ether oxygens (including phenoxy) is 1. The fourth-order valence-electron chi connectivity index (χ4n) is 4.35. The van der Waals surface area contributed by atoms with Crippen LogP contribution in [0.4, 0.5) is 21.8 Å². The van der Waals surface area contributed by atoms with E-state index in [-0.39, 0.29) is 11.9 Å². The first kappa shape index (κ1) is 19.9. The summed E-state index contributed by atoms with van der Waals surface area (Å²) in [5.74, 6) is 1.41. The number of aromatic nitrogens is 4. The second-order valence-electron chi connectivity index (χ2n) is 8.57. The number of halogens is 1. The summed E-state index contributed by atoms with van der Waals surface area (Å²) in [4.78, 5) is 8.98. The van der Waals surface area contributed by atoms with Gasteiger partial charge in [0, 0.05) is 37.8 Å². The standard InChI is InChI=1S/C22H28FN7O/c1-14(2)29-7-8-31-21-17(23)9-15(10-18(21)29)19-12-24-22(28(19)4)25-20-11-16-13-27(3)5-6-30(16)26-20/h9-12,14H,5-8,13H2,1-4H3,(H,24,25,26). The van der Waals surface area contributed by atoms with E-state index in [9.17, 15) is 4.39 Å². The van der Waals surface area contributed by atoms with Crippen LogP contribution < -0.4 is 15.0 Å². The van der Waals surface area contributed by atoms with Crippen LogP contribution in [0.2, 0.25) is 0 Å². The van der Waals surface area contributed by atoms with E-state index in [1.807, 2.05) is 22.4 Å². The van der Waals surface area contributed by atoms with Gasteiger partial charge in [0.25, 0.3) is 0 Å². The first-order valence-corrected chi connectivity index (χ1v) is 10.7. The minimum atomic E-state index is -0.348. The van der Waals surface area contributed by atoms with Gasteiger partial charge in [-0.05, 0) is 33.0 Å². The lowest BCUT2D eigenvalue weighted by atomic mass is 10.1. The minimum absolute atomic E-state index is 0.257. The Morgan fingerprint density at radius 2 is 1.97 bits per heavy atom. The third-order valence-electron chi connectivity index (χ3n) is 6.05. The highest BCUT2D eigenvalue weighted by Crippen LogP contribution is 2.39. The van der Waals surface area contributed by atoms with Crippen molar-refractivity contribution >= 4 is 17.5 Å². The van der Waals surface area contributed by atoms with Gasteiger partial charge in [0.1, 0.15) is 6.61 Å². The number of likely N-dealkylation sites (N-methyl/N-ethyl adjacent to an activating group) is 1. The molecule has 0 saturated carbocycles. The van der Waals surface area contributed by atoms with Crippen LogP contribution in [-0.2, 0) is 20.1 Å². The number of anilines is 3. The number of benzene rings is 1. The molecule has 2 aliphatic heterocycles. The molecule has 0 unspecified atom stereocenters. The Hall–Kier alpha value is -3.07. The molecule has 1 aromatic carbocycles. The van der Waals surface area contributed by atoms with Gasteiger partial charge in [-0.1, -0.05) is 0 Å². The predicted molar refractivity (Wildman–Crippen MR) is 118 cm³/mol. The molecule has 3 aromatic rings. The lowest BCUT2D eigenvalue weighted by Crippen LogP contribution is -2.38. The third kappa shape index (κ3) is 3.52. The van der Waals surface area contributed by atoms with Gasteiger partial charge in [-0.2, -0.15) is 5.10 Å². The van der Waals surface area contributed by atoms with E-state index >= 15 is 0 Å². The largest absolute Gasteiger partial charge is 0.486 e. The van der Waals surface area contributed by atoms with E-state index in [0.717, 1.165) is 48.9 Å². The predicted octanol–water partition coefficient (Wildman–Crippen LogP) is 3.22. The van der Waals surface area contributed by atoms with Crippen LogP contribution in [0, 0.1) is 5.82 Å². The lowest BCUT2D eigenvalue weighted by molar-refractivity contribution is 0.259. The fourth-order valence-corrected chi connectivity index (χ4v) is 4.35. The van der Waals surface area contributed by atoms with Crippen molar-refractivity contribution < 1.29 is 9.13 Å². The van der Waals surface area contributed by atoms with Crippen LogP contribution >= 0.6 is 0 Å². The van der Waals surface area contributed by atoms with Crippen LogP contribution in [0.25, 0.3) is 11.3 Å². The number of hydrogen-bond donors (Lipinski definition) is 1. The van der Waals surface area contributed by atoms with Crippen LogP contribution in [0.1, 0.15) is 19.5 Å². The molecule has 0 saturated heterocycles. The number of nitrogens with one attached hydrogen (secondary N) is 1. The SMILES string of the molecule is CC(C)N1CCOc2c(F)cc(-c3cnc(Nc4cc5n(n4)CCN(C)C5)n3C)cc21. The Labute approximate surface area is 181 Å². The summed E-state index contributed by atoms with van der Waals surface area (Å²) in [6, 6.07) is 5.82. The van der Waals surface area contributed by atoms with Gasteiger partial charge in [-0.3, -0.25) is 9.58 Å². The van der Waals surface area contributed by atoms with E-state index in [4.69, 9.17) is 4.74 Å². The summed E-state index contributed by atoms with van der Waals surface area (Å²) >= 11 is 0. The normalized spacial score (nSPS) is 16.3. The monoisotopic (exact) mass is 425 g/mol. The molecule has 0 amide bonds. The van der Waals surface area contributed by atoms with Crippen LogP contribution in [-0.4, -0.2) is 57.0 Å². The molecule has 0 atom stereocenters. The first-order chi connectivity index (χ1) is 14.9. The van der Waals surface area contributed by atoms with Gasteiger partial charge in [-0.25, -0.2) is 9.37 Å². The van der Waals surface area contributed by atoms with Crippen molar-refractivity contribution in [1.82, 2.24) is 24.2 Å². The number of fused-ring (bicyclic) bond motifs is 2. The Kier molecular flexibility index (Phi) is 4.85. The molecule has 0 radical (unpaired) electrons. The summed E-state index contributed by atoms with van der Waals surface area (Å²) < 4.78 is 24.5. The zero-order chi connectivity index (χ0) is 21.7. The lowest BCUT2D eigenvalue weighted by Gasteiger charge is -2.34. The smallest absolute Gasteiger partial charge is 0.208 e. The summed E-state index contributed by atoms with van der Waals surface area (Å²) in [5, 5.41) is 7.96. The maximum Gasteiger partial charge on any atom is 0.208 e. The highest BCUT2D eigenvalue weighted by atomic mass is 19.1. The molecule has 0 aliphatic carbocycles. The highest BCUT2D eigenvalue weighted by molar-refractivity contribution is 5.73. The molecular weight excluding hydrogens is 397 g/mol. The van der Waals surface area contributed by atoms with Gasteiger partial charge in [0.2, 0.25) is 5.95 Å². The Morgan fingerprint density at radius 1 is 1.13 bits per heavy atom. The molecule has 0 spiro atoms. The van der Waals surface area contributed by atoms with Crippen LogP contribution in [0.5, 0.6) is 5.75 Å². The summed E-state index contributed by atoms with van der Waals surface area (Å²) in [6.45, 7) is 8.19. The van der Waals surface area contributed by atoms with E-state index in [1.165, 1.54) is 11.8 Å². The molecule has 2 aromatic heterocycles. The van der Waals surface area contributed by atoms with Gasteiger partial charge in [-0.15, -0.1) is 0 Å². The van der Waals surface area contributed by atoms with Crippen molar-refractivity contribution in [2.75, 3.05) is 37.0 Å². The average Bonchev–Trinajstić information content (AvgIpc) is 3.30. The zero-order valence-electron chi connectivity index (χ0n) is 18.4. The van der Waals surface area contributed by atoms with Gasteiger partial charge in [0.05, 0.1) is 36.4 Å². The molecule has 8 nitrogen and oxygen atoms in total. The van der Waals surface area contributed by atoms with E-state index in [0.29, 0.717) is 18.3 Å². The maximum atomic E-state index is 14.9. The molecule has 2 aliphatic rings. The molecule has 9 heteroatoms. The third-order valence-corrected chi connectivity index (χ3v) is 6.05. The molecule has 0 bridgehead atoms. The fraction of sp³-hybridized carbons (Fsp3) is 0.455. The molecule has 1 N–H and O–H groups in total. The van der Waals surface area contributed by atoms with Gasteiger partial charge in [0.15, 0.2) is 17.4 Å².